The Morgan fingerprint density at radius 2 is 2.00 bits per heavy atom. The zero-order chi connectivity index (χ0) is 16.2. The van der Waals surface area contributed by atoms with E-state index >= 15 is 0 Å². The van der Waals surface area contributed by atoms with Gasteiger partial charge in [0.1, 0.15) is 17.5 Å². The molecule has 6 heteroatoms. The van der Waals surface area contributed by atoms with Crippen molar-refractivity contribution >= 4 is 5.95 Å². The summed E-state index contributed by atoms with van der Waals surface area (Å²) in [6, 6.07) is 9.69. The molecule has 1 aromatic carbocycles. The van der Waals surface area contributed by atoms with Gasteiger partial charge in [0.2, 0.25) is 5.95 Å². The van der Waals surface area contributed by atoms with Crippen LogP contribution in [-0.2, 0) is 4.74 Å². The summed E-state index contributed by atoms with van der Waals surface area (Å²) in [6.45, 7) is 4.75. The van der Waals surface area contributed by atoms with Crippen LogP contribution in [0.4, 0.5) is 5.95 Å². The molecule has 1 saturated heterocycles. The van der Waals surface area contributed by atoms with Crippen molar-refractivity contribution in [2.45, 2.75) is 6.92 Å². The van der Waals surface area contributed by atoms with Gasteiger partial charge in [0.25, 0.3) is 0 Å². The molecule has 1 aliphatic rings. The number of hydrogen-bond acceptors (Lipinski definition) is 6. The van der Waals surface area contributed by atoms with Gasteiger partial charge in [-0.3, -0.25) is 0 Å². The molecule has 1 aliphatic heterocycles. The molecule has 0 atom stereocenters. The van der Waals surface area contributed by atoms with E-state index in [2.05, 4.69) is 16.0 Å². The summed E-state index contributed by atoms with van der Waals surface area (Å²) in [5, 5.41) is 9.27. The average Bonchev–Trinajstić information content (AvgIpc) is 2.62. The minimum Gasteiger partial charge on any atom is -0.496 e. The molecule has 0 radical (unpaired) electrons. The molecular formula is C17H18N4O2. The van der Waals surface area contributed by atoms with E-state index < -0.39 is 0 Å². The fourth-order valence-electron chi connectivity index (χ4n) is 2.58. The molecule has 0 amide bonds. The Bertz CT molecular complexity index is 749. The maximum absolute atomic E-state index is 9.27. The molecule has 0 spiro atoms. The molecule has 1 aromatic heterocycles. The summed E-state index contributed by atoms with van der Waals surface area (Å²) in [6.07, 6.45) is 0. The number of nitrogens with zero attached hydrogens (tertiary/aromatic N) is 4. The minimum atomic E-state index is 0.366. The third-order valence-electron chi connectivity index (χ3n) is 3.81. The molecule has 1 fully saturated rings. The summed E-state index contributed by atoms with van der Waals surface area (Å²) in [7, 11) is 1.65. The van der Waals surface area contributed by atoms with Crippen LogP contribution < -0.4 is 9.64 Å². The first kappa shape index (κ1) is 15.3. The van der Waals surface area contributed by atoms with E-state index in [1.54, 1.807) is 13.2 Å². The zero-order valence-corrected chi connectivity index (χ0v) is 13.2. The minimum absolute atomic E-state index is 0.366. The van der Waals surface area contributed by atoms with Crippen molar-refractivity contribution in [1.82, 2.24) is 9.97 Å². The van der Waals surface area contributed by atoms with Gasteiger partial charge in [-0.2, -0.15) is 5.26 Å². The average molecular weight is 310 g/mol. The predicted molar refractivity (Wildman–Crippen MR) is 86.5 cm³/mol. The van der Waals surface area contributed by atoms with Crippen LogP contribution in [0.2, 0.25) is 0 Å². The maximum Gasteiger partial charge on any atom is 0.227 e. The second-order valence-corrected chi connectivity index (χ2v) is 5.33. The highest BCUT2D eigenvalue weighted by Crippen LogP contribution is 2.26. The molecule has 0 aliphatic carbocycles. The smallest absolute Gasteiger partial charge is 0.227 e. The lowest BCUT2D eigenvalue weighted by atomic mass is 10.1. The molecule has 3 rings (SSSR count). The first-order valence-corrected chi connectivity index (χ1v) is 7.48. The highest BCUT2D eigenvalue weighted by Gasteiger charge is 2.16. The molecule has 118 valence electrons. The normalized spacial score (nSPS) is 14.4. The van der Waals surface area contributed by atoms with Crippen LogP contribution in [0, 0.1) is 18.3 Å². The van der Waals surface area contributed by atoms with Gasteiger partial charge < -0.3 is 14.4 Å². The van der Waals surface area contributed by atoms with Crippen LogP contribution in [0.1, 0.15) is 11.3 Å². The number of benzene rings is 1. The third kappa shape index (κ3) is 3.25. The number of hydrogen-bond donors (Lipinski definition) is 0. The highest BCUT2D eigenvalue weighted by molar-refractivity contribution is 5.64. The summed E-state index contributed by atoms with van der Waals surface area (Å²) >= 11 is 0. The van der Waals surface area contributed by atoms with E-state index in [1.165, 1.54) is 0 Å². The summed E-state index contributed by atoms with van der Waals surface area (Å²) < 4.78 is 10.7. The molecule has 0 saturated carbocycles. The molecule has 0 unspecified atom stereocenters. The van der Waals surface area contributed by atoms with Crippen molar-refractivity contribution in [3.63, 3.8) is 0 Å². The van der Waals surface area contributed by atoms with Gasteiger partial charge in [-0.25, -0.2) is 9.97 Å². The molecular weight excluding hydrogens is 292 g/mol. The lowest BCUT2D eigenvalue weighted by Crippen LogP contribution is -2.37. The van der Waals surface area contributed by atoms with Crippen LogP contribution in [0.5, 0.6) is 5.75 Å². The SMILES string of the molecule is COc1ccc(-c2cc(C#N)nc(N3CCOCC3)n2)cc1C. The summed E-state index contributed by atoms with van der Waals surface area (Å²) in [5.41, 5.74) is 3.07. The van der Waals surface area contributed by atoms with Crippen molar-refractivity contribution in [3.05, 3.63) is 35.5 Å². The molecule has 6 nitrogen and oxygen atoms in total. The van der Waals surface area contributed by atoms with Crippen LogP contribution in [-0.4, -0.2) is 43.4 Å². The van der Waals surface area contributed by atoms with Gasteiger partial charge in [-0.15, -0.1) is 0 Å². The number of morpholine rings is 1. The second kappa shape index (κ2) is 6.63. The topological polar surface area (TPSA) is 71.3 Å². The van der Waals surface area contributed by atoms with E-state index in [0.29, 0.717) is 24.9 Å². The Labute approximate surface area is 135 Å². The number of rotatable bonds is 3. The van der Waals surface area contributed by atoms with Crippen molar-refractivity contribution in [3.8, 4) is 23.1 Å². The number of ether oxygens (including phenoxy) is 2. The highest BCUT2D eigenvalue weighted by atomic mass is 16.5. The Balaban J connectivity index is 2.01. The van der Waals surface area contributed by atoms with E-state index in [9.17, 15) is 5.26 Å². The van der Waals surface area contributed by atoms with E-state index in [0.717, 1.165) is 35.7 Å². The third-order valence-corrected chi connectivity index (χ3v) is 3.81. The van der Waals surface area contributed by atoms with E-state index in [1.807, 2.05) is 30.0 Å². The van der Waals surface area contributed by atoms with Crippen molar-refractivity contribution in [1.29, 1.82) is 5.26 Å². The maximum atomic E-state index is 9.27. The van der Waals surface area contributed by atoms with Crippen LogP contribution in [0.3, 0.4) is 0 Å². The van der Waals surface area contributed by atoms with E-state index in [4.69, 9.17) is 9.47 Å². The Morgan fingerprint density at radius 1 is 1.22 bits per heavy atom. The first-order chi connectivity index (χ1) is 11.2. The number of methoxy groups -OCH3 is 1. The Hall–Kier alpha value is -2.65. The number of aryl methyl sites for hydroxylation is 1. The molecule has 0 bridgehead atoms. The van der Waals surface area contributed by atoms with Gasteiger partial charge in [0.05, 0.1) is 26.0 Å². The van der Waals surface area contributed by atoms with Gasteiger partial charge in [0.15, 0.2) is 0 Å². The summed E-state index contributed by atoms with van der Waals surface area (Å²) in [4.78, 5) is 11.0. The number of nitriles is 1. The second-order valence-electron chi connectivity index (χ2n) is 5.33. The van der Waals surface area contributed by atoms with Crippen LogP contribution in [0.15, 0.2) is 24.3 Å². The monoisotopic (exact) mass is 310 g/mol. The lowest BCUT2D eigenvalue weighted by molar-refractivity contribution is 0.122. The van der Waals surface area contributed by atoms with Gasteiger partial charge in [-0.1, -0.05) is 0 Å². The molecule has 2 heterocycles. The zero-order valence-electron chi connectivity index (χ0n) is 13.2. The Kier molecular flexibility index (Phi) is 4.40. The standard InChI is InChI=1S/C17H18N4O2/c1-12-9-13(3-4-16(12)22-2)15-10-14(11-18)19-17(20-15)21-5-7-23-8-6-21/h3-4,9-10H,5-8H2,1-2H3. The van der Waals surface area contributed by atoms with Gasteiger partial charge >= 0.3 is 0 Å². The number of aromatic nitrogens is 2. The van der Waals surface area contributed by atoms with Crippen molar-refractivity contribution in [2.75, 3.05) is 38.3 Å². The van der Waals surface area contributed by atoms with Gasteiger partial charge in [0, 0.05) is 24.7 Å². The molecule has 23 heavy (non-hydrogen) atoms. The quantitative estimate of drug-likeness (QED) is 0.865. The van der Waals surface area contributed by atoms with Crippen LogP contribution >= 0.6 is 0 Å². The number of anilines is 1. The fraction of sp³-hybridized carbons (Fsp3) is 0.353. The largest absolute Gasteiger partial charge is 0.496 e. The van der Waals surface area contributed by atoms with Crippen molar-refractivity contribution in [2.24, 2.45) is 0 Å². The lowest BCUT2D eigenvalue weighted by Gasteiger charge is -2.27. The predicted octanol–water partition coefficient (Wildman–Crippen LogP) is 2.17. The van der Waals surface area contributed by atoms with Crippen LogP contribution in [0.25, 0.3) is 11.3 Å². The fourth-order valence-corrected chi connectivity index (χ4v) is 2.58. The first-order valence-electron chi connectivity index (χ1n) is 7.48. The Morgan fingerprint density at radius 3 is 2.65 bits per heavy atom. The van der Waals surface area contributed by atoms with Gasteiger partial charge in [-0.05, 0) is 30.7 Å². The van der Waals surface area contributed by atoms with E-state index in [-0.39, 0.29) is 0 Å². The van der Waals surface area contributed by atoms with Crippen molar-refractivity contribution < 1.29 is 9.47 Å². The molecule has 0 N–H and O–H groups in total. The molecule has 2 aromatic rings. The summed E-state index contributed by atoms with van der Waals surface area (Å²) in [5.74, 6) is 1.41.